The molecule has 2 N–H and O–H groups in total. The largest absolute Gasteiger partial charge is 0.480 e. The van der Waals surface area contributed by atoms with Gasteiger partial charge in [0.15, 0.2) is 6.04 Å². The van der Waals surface area contributed by atoms with Crippen molar-refractivity contribution in [3.63, 3.8) is 0 Å². The van der Waals surface area contributed by atoms with E-state index in [1.165, 1.54) is 0 Å². The summed E-state index contributed by atoms with van der Waals surface area (Å²) in [5.74, 6) is -1.05. The van der Waals surface area contributed by atoms with E-state index in [4.69, 9.17) is 10.4 Å². The lowest BCUT2D eigenvalue weighted by Gasteiger charge is -1.96. The molecule has 5 heteroatoms. The number of carboxylic acid groups (broad SMARTS) is 1. The molecule has 1 aliphatic heterocycles. The van der Waals surface area contributed by atoms with Gasteiger partial charge in [-0.2, -0.15) is 10.3 Å². The van der Waals surface area contributed by atoms with Crippen molar-refractivity contribution in [1.29, 1.82) is 5.26 Å². The summed E-state index contributed by atoms with van der Waals surface area (Å²) < 4.78 is 0. The number of nitrogens with zero attached hydrogens (tertiary/aromatic N) is 2. The van der Waals surface area contributed by atoms with Crippen LogP contribution in [0.2, 0.25) is 0 Å². The molecule has 3 unspecified atom stereocenters. The average Bonchev–Trinajstić information content (AvgIpc) is 2.90. The van der Waals surface area contributed by atoms with E-state index < -0.39 is 18.1 Å². The van der Waals surface area contributed by atoms with Gasteiger partial charge in [-0.25, -0.2) is 0 Å². The van der Waals surface area contributed by atoms with Crippen LogP contribution in [0.4, 0.5) is 0 Å². The molecule has 1 fully saturated rings. The smallest absolute Gasteiger partial charge is 0.325 e. The SMILES string of the molecule is N#Cc1ccc(C2C(C(=O)O)N2O)cc1. The Morgan fingerprint density at radius 3 is 2.40 bits per heavy atom. The van der Waals surface area contributed by atoms with Gasteiger partial charge in [0.2, 0.25) is 0 Å². The summed E-state index contributed by atoms with van der Waals surface area (Å²) >= 11 is 0. The standard InChI is InChI=1S/C10H8N2O3/c11-5-6-1-3-7(4-2-6)8-9(10(13)14)12(8)15/h1-4,8-9,15H,(H,13,14). The first-order chi connectivity index (χ1) is 7.15. The Kier molecular flexibility index (Phi) is 2.15. The quantitative estimate of drug-likeness (QED) is 0.694. The van der Waals surface area contributed by atoms with Crippen LogP contribution in [0.1, 0.15) is 17.2 Å². The predicted molar refractivity (Wildman–Crippen MR) is 48.9 cm³/mol. The zero-order valence-electron chi connectivity index (χ0n) is 7.66. The normalized spacial score (nSPS) is 28.1. The van der Waals surface area contributed by atoms with E-state index in [0.29, 0.717) is 11.1 Å². The molecule has 0 aliphatic carbocycles. The monoisotopic (exact) mass is 204 g/mol. The molecule has 1 saturated heterocycles. The molecular formula is C10H8N2O3. The molecule has 0 amide bonds. The summed E-state index contributed by atoms with van der Waals surface area (Å²) in [5, 5.41) is 27.3. The van der Waals surface area contributed by atoms with Crippen LogP contribution in [0.5, 0.6) is 0 Å². The van der Waals surface area contributed by atoms with Gasteiger partial charge < -0.3 is 10.3 Å². The van der Waals surface area contributed by atoms with Crippen LogP contribution in [0.25, 0.3) is 0 Å². The third-order valence-electron chi connectivity index (χ3n) is 2.41. The van der Waals surface area contributed by atoms with E-state index in [1.807, 2.05) is 6.07 Å². The first-order valence-corrected chi connectivity index (χ1v) is 4.35. The molecule has 5 nitrogen and oxygen atoms in total. The van der Waals surface area contributed by atoms with Gasteiger partial charge in [-0.3, -0.25) is 4.79 Å². The van der Waals surface area contributed by atoms with Crippen molar-refractivity contribution >= 4 is 5.97 Å². The van der Waals surface area contributed by atoms with Crippen molar-refractivity contribution in [2.45, 2.75) is 12.1 Å². The van der Waals surface area contributed by atoms with Crippen molar-refractivity contribution in [3.05, 3.63) is 35.4 Å². The Morgan fingerprint density at radius 1 is 1.40 bits per heavy atom. The molecule has 0 bridgehead atoms. The maximum Gasteiger partial charge on any atom is 0.325 e. The van der Waals surface area contributed by atoms with Crippen LogP contribution in [0.15, 0.2) is 24.3 Å². The molecule has 76 valence electrons. The molecule has 1 aromatic carbocycles. The summed E-state index contributed by atoms with van der Waals surface area (Å²) in [6.45, 7) is 0. The summed E-state index contributed by atoms with van der Waals surface area (Å²) in [4.78, 5) is 10.6. The van der Waals surface area contributed by atoms with Gasteiger partial charge >= 0.3 is 5.97 Å². The van der Waals surface area contributed by atoms with E-state index in [0.717, 1.165) is 5.06 Å². The Hall–Kier alpha value is -1.90. The van der Waals surface area contributed by atoms with Gasteiger partial charge in [0.1, 0.15) is 0 Å². The highest BCUT2D eigenvalue weighted by molar-refractivity contribution is 5.78. The topological polar surface area (TPSA) is 84.3 Å². The zero-order chi connectivity index (χ0) is 11.0. The van der Waals surface area contributed by atoms with Crippen LogP contribution in [0, 0.1) is 11.3 Å². The minimum absolute atomic E-state index is 0.491. The fourth-order valence-corrected chi connectivity index (χ4v) is 1.56. The molecule has 0 radical (unpaired) electrons. The second kappa shape index (κ2) is 3.35. The first-order valence-electron chi connectivity index (χ1n) is 4.35. The third-order valence-corrected chi connectivity index (χ3v) is 2.41. The lowest BCUT2D eigenvalue weighted by atomic mass is 10.1. The Morgan fingerprint density at radius 2 is 2.00 bits per heavy atom. The van der Waals surface area contributed by atoms with Crippen molar-refractivity contribution in [2.75, 3.05) is 0 Å². The van der Waals surface area contributed by atoms with Crippen LogP contribution in [-0.2, 0) is 4.79 Å². The average molecular weight is 204 g/mol. The number of carboxylic acids is 1. The molecule has 2 rings (SSSR count). The van der Waals surface area contributed by atoms with Crippen LogP contribution < -0.4 is 0 Å². The van der Waals surface area contributed by atoms with Gasteiger partial charge in [0.25, 0.3) is 0 Å². The molecule has 1 heterocycles. The summed E-state index contributed by atoms with van der Waals surface area (Å²) in [5.41, 5.74) is 1.21. The summed E-state index contributed by atoms with van der Waals surface area (Å²) in [7, 11) is 0. The maximum atomic E-state index is 10.6. The van der Waals surface area contributed by atoms with Crippen molar-refractivity contribution in [2.24, 2.45) is 0 Å². The van der Waals surface area contributed by atoms with Crippen molar-refractivity contribution < 1.29 is 15.1 Å². The predicted octanol–water partition coefficient (Wildman–Crippen LogP) is 0.757. The van der Waals surface area contributed by atoms with E-state index in [2.05, 4.69) is 0 Å². The fraction of sp³-hybridized carbons (Fsp3) is 0.200. The Balaban J connectivity index is 2.19. The van der Waals surface area contributed by atoms with E-state index >= 15 is 0 Å². The summed E-state index contributed by atoms with van der Waals surface area (Å²) in [6, 6.07) is 7.10. The number of aliphatic carboxylic acids is 1. The molecule has 3 atom stereocenters. The molecule has 1 aliphatic rings. The molecule has 1 aromatic rings. The molecule has 0 aromatic heterocycles. The van der Waals surface area contributed by atoms with Crippen LogP contribution >= 0.6 is 0 Å². The minimum atomic E-state index is -1.05. The van der Waals surface area contributed by atoms with E-state index in [1.54, 1.807) is 24.3 Å². The van der Waals surface area contributed by atoms with Crippen LogP contribution in [0.3, 0.4) is 0 Å². The van der Waals surface area contributed by atoms with Gasteiger partial charge in [-0.1, -0.05) is 12.1 Å². The fourth-order valence-electron chi connectivity index (χ4n) is 1.56. The molecule has 0 spiro atoms. The Bertz CT molecular complexity index is 435. The number of hydrogen-bond donors (Lipinski definition) is 2. The van der Waals surface area contributed by atoms with E-state index in [9.17, 15) is 10.0 Å². The van der Waals surface area contributed by atoms with Gasteiger partial charge in [0.05, 0.1) is 17.7 Å². The second-order valence-electron chi connectivity index (χ2n) is 3.34. The lowest BCUT2D eigenvalue weighted by molar-refractivity contribution is -0.140. The highest BCUT2D eigenvalue weighted by Crippen LogP contribution is 2.40. The second-order valence-corrected chi connectivity index (χ2v) is 3.34. The first kappa shape index (κ1) is 9.65. The van der Waals surface area contributed by atoms with Gasteiger partial charge in [-0.05, 0) is 17.7 Å². The van der Waals surface area contributed by atoms with Crippen molar-refractivity contribution in [3.8, 4) is 6.07 Å². The van der Waals surface area contributed by atoms with Crippen LogP contribution in [-0.4, -0.2) is 27.4 Å². The number of rotatable bonds is 2. The third kappa shape index (κ3) is 1.56. The highest BCUT2D eigenvalue weighted by Gasteiger charge is 2.53. The number of benzene rings is 1. The number of carbonyl (C=O) groups is 1. The lowest BCUT2D eigenvalue weighted by Crippen LogP contribution is -2.08. The van der Waals surface area contributed by atoms with Crippen molar-refractivity contribution in [1.82, 2.24) is 5.06 Å². The van der Waals surface area contributed by atoms with E-state index in [-0.39, 0.29) is 0 Å². The number of nitriles is 1. The minimum Gasteiger partial charge on any atom is -0.480 e. The highest BCUT2D eigenvalue weighted by atomic mass is 16.5. The van der Waals surface area contributed by atoms with Gasteiger partial charge in [0, 0.05) is 0 Å². The Labute approximate surface area is 85.7 Å². The molecule has 15 heavy (non-hydrogen) atoms. The number of hydrogen-bond acceptors (Lipinski definition) is 4. The maximum absolute atomic E-state index is 10.6. The zero-order valence-corrected chi connectivity index (χ0v) is 7.66. The number of hydroxylamine groups is 2. The molecule has 0 saturated carbocycles. The van der Waals surface area contributed by atoms with Gasteiger partial charge in [-0.15, -0.1) is 0 Å². The molecular weight excluding hydrogens is 196 g/mol. The summed E-state index contributed by atoms with van der Waals surface area (Å²) in [6.07, 6.45) is 0.